The second-order valence-corrected chi connectivity index (χ2v) is 5.70. The van der Waals surface area contributed by atoms with Crippen molar-refractivity contribution in [3.05, 3.63) is 23.8 Å². The first kappa shape index (κ1) is 19.1. The first-order valence-corrected chi connectivity index (χ1v) is 8.35. The van der Waals surface area contributed by atoms with E-state index in [0.29, 0.717) is 23.8 Å². The zero-order valence-electron chi connectivity index (χ0n) is 15.1. The van der Waals surface area contributed by atoms with Gasteiger partial charge in [0, 0.05) is 6.08 Å². The molecule has 0 saturated carbocycles. The monoisotopic (exact) mass is 351 g/mol. The highest BCUT2D eigenvalue weighted by Crippen LogP contribution is 2.38. The van der Waals surface area contributed by atoms with Crippen LogP contribution in [0.25, 0.3) is 6.08 Å². The molecule has 0 atom stereocenters. The summed E-state index contributed by atoms with van der Waals surface area (Å²) in [6.07, 6.45) is 3.23. The highest BCUT2D eigenvalue weighted by molar-refractivity contribution is 5.91. The fourth-order valence-corrected chi connectivity index (χ4v) is 2.70. The molecular weight excluding hydrogens is 324 g/mol. The van der Waals surface area contributed by atoms with E-state index in [0.717, 1.165) is 38.4 Å². The standard InChI is InChI=1S/C18H26N2O5/c1-22-15-12-14(13-16(23-2)18(15)24-3)4-5-17(21)19-6-7-20-8-10-25-11-9-20/h4-5,12-13H,6-11H2,1-3H3,(H,19,21)/p+1/b5-4+. The van der Waals surface area contributed by atoms with Crippen LogP contribution in [0.3, 0.4) is 0 Å². The molecule has 0 unspecified atom stereocenters. The number of amides is 1. The molecule has 1 heterocycles. The van der Waals surface area contributed by atoms with Crippen LogP contribution in [0.4, 0.5) is 0 Å². The van der Waals surface area contributed by atoms with Crippen molar-refractivity contribution in [1.29, 1.82) is 0 Å². The predicted octanol–water partition coefficient (Wildman–Crippen LogP) is -0.243. The van der Waals surface area contributed by atoms with Gasteiger partial charge in [-0.25, -0.2) is 0 Å². The quantitative estimate of drug-likeness (QED) is 0.633. The maximum Gasteiger partial charge on any atom is 0.244 e. The largest absolute Gasteiger partial charge is 0.493 e. The van der Waals surface area contributed by atoms with Gasteiger partial charge in [-0.1, -0.05) is 0 Å². The van der Waals surface area contributed by atoms with E-state index < -0.39 is 0 Å². The Morgan fingerprint density at radius 3 is 2.36 bits per heavy atom. The fourth-order valence-electron chi connectivity index (χ4n) is 2.70. The summed E-state index contributed by atoms with van der Waals surface area (Å²) >= 11 is 0. The van der Waals surface area contributed by atoms with Gasteiger partial charge in [0.1, 0.15) is 13.1 Å². The minimum atomic E-state index is -0.124. The molecule has 1 saturated heterocycles. The molecule has 0 bridgehead atoms. The summed E-state index contributed by atoms with van der Waals surface area (Å²) in [4.78, 5) is 13.4. The first-order chi connectivity index (χ1) is 12.2. The minimum absolute atomic E-state index is 0.124. The van der Waals surface area contributed by atoms with Crippen molar-refractivity contribution < 1.29 is 28.6 Å². The molecule has 7 heteroatoms. The van der Waals surface area contributed by atoms with Crippen LogP contribution in [0.2, 0.25) is 0 Å². The molecule has 1 aromatic rings. The number of nitrogens with one attached hydrogen (secondary N) is 2. The SMILES string of the molecule is COc1cc(/C=C/C(=O)NCC[NH+]2CCOCC2)cc(OC)c1OC. The number of methoxy groups -OCH3 is 3. The summed E-state index contributed by atoms with van der Waals surface area (Å²) < 4.78 is 21.2. The van der Waals surface area contributed by atoms with Crippen molar-refractivity contribution in [2.75, 3.05) is 60.7 Å². The molecule has 0 aromatic heterocycles. The molecule has 2 rings (SSSR count). The van der Waals surface area contributed by atoms with Gasteiger partial charge in [0.25, 0.3) is 0 Å². The Morgan fingerprint density at radius 2 is 1.80 bits per heavy atom. The molecule has 0 spiro atoms. The van der Waals surface area contributed by atoms with Crippen LogP contribution in [0.15, 0.2) is 18.2 Å². The number of carbonyl (C=O) groups is 1. The molecular formula is C18H27N2O5+. The van der Waals surface area contributed by atoms with Gasteiger partial charge < -0.3 is 29.2 Å². The van der Waals surface area contributed by atoms with Gasteiger partial charge in [-0.2, -0.15) is 0 Å². The van der Waals surface area contributed by atoms with Gasteiger partial charge in [0.2, 0.25) is 11.7 Å². The normalized spacial score (nSPS) is 15.2. The topological polar surface area (TPSA) is 70.5 Å². The van der Waals surface area contributed by atoms with E-state index in [9.17, 15) is 4.79 Å². The lowest BCUT2D eigenvalue weighted by Crippen LogP contribution is -3.14. The number of ether oxygens (including phenoxy) is 4. The zero-order chi connectivity index (χ0) is 18.1. The number of morpholine rings is 1. The molecule has 1 aliphatic heterocycles. The van der Waals surface area contributed by atoms with E-state index in [1.807, 2.05) is 0 Å². The van der Waals surface area contributed by atoms with Gasteiger partial charge >= 0.3 is 0 Å². The Balaban J connectivity index is 1.90. The number of carbonyl (C=O) groups excluding carboxylic acids is 1. The number of quaternary nitrogens is 1. The Hall–Kier alpha value is -2.25. The van der Waals surface area contributed by atoms with Gasteiger partial charge in [-0.3, -0.25) is 4.79 Å². The van der Waals surface area contributed by atoms with Crippen molar-refractivity contribution in [1.82, 2.24) is 5.32 Å². The number of hydrogen-bond donors (Lipinski definition) is 2. The number of hydrogen-bond acceptors (Lipinski definition) is 5. The van der Waals surface area contributed by atoms with Crippen LogP contribution in [0, 0.1) is 0 Å². The maximum absolute atomic E-state index is 12.0. The lowest BCUT2D eigenvalue weighted by atomic mass is 10.1. The Morgan fingerprint density at radius 1 is 1.16 bits per heavy atom. The molecule has 0 radical (unpaired) electrons. The van der Waals surface area contributed by atoms with E-state index in [-0.39, 0.29) is 5.91 Å². The lowest BCUT2D eigenvalue weighted by molar-refractivity contribution is -0.906. The molecule has 1 aliphatic rings. The fraction of sp³-hybridized carbons (Fsp3) is 0.500. The Labute approximate surface area is 148 Å². The third-order valence-electron chi connectivity index (χ3n) is 4.09. The minimum Gasteiger partial charge on any atom is -0.493 e. The summed E-state index contributed by atoms with van der Waals surface area (Å²) in [5.74, 6) is 1.51. The summed E-state index contributed by atoms with van der Waals surface area (Å²) in [5, 5.41) is 2.91. The van der Waals surface area contributed by atoms with Crippen molar-refractivity contribution in [3.8, 4) is 17.2 Å². The summed E-state index contributed by atoms with van der Waals surface area (Å²) in [7, 11) is 4.68. The van der Waals surface area contributed by atoms with E-state index in [1.165, 1.54) is 11.0 Å². The van der Waals surface area contributed by atoms with Gasteiger partial charge in [0.15, 0.2) is 11.5 Å². The third kappa shape index (κ3) is 5.65. The summed E-state index contributed by atoms with van der Waals surface area (Å²) in [5.41, 5.74) is 0.795. The van der Waals surface area contributed by atoms with Crippen LogP contribution in [0.1, 0.15) is 5.56 Å². The van der Waals surface area contributed by atoms with Crippen LogP contribution in [-0.2, 0) is 9.53 Å². The van der Waals surface area contributed by atoms with Crippen molar-refractivity contribution >= 4 is 12.0 Å². The van der Waals surface area contributed by atoms with Gasteiger partial charge in [0.05, 0.1) is 47.6 Å². The van der Waals surface area contributed by atoms with Crippen molar-refractivity contribution in [2.45, 2.75) is 0 Å². The molecule has 1 fully saturated rings. The van der Waals surface area contributed by atoms with Crippen LogP contribution >= 0.6 is 0 Å². The van der Waals surface area contributed by atoms with Crippen molar-refractivity contribution in [3.63, 3.8) is 0 Å². The summed E-state index contributed by atoms with van der Waals surface area (Å²) in [6, 6.07) is 3.59. The van der Waals surface area contributed by atoms with Gasteiger partial charge in [-0.05, 0) is 23.8 Å². The highest BCUT2D eigenvalue weighted by atomic mass is 16.5. The third-order valence-corrected chi connectivity index (χ3v) is 4.09. The molecule has 25 heavy (non-hydrogen) atoms. The lowest BCUT2D eigenvalue weighted by Gasteiger charge is -2.23. The average molecular weight is 351 g/mol. The molecule has 7 nitrogen and oxygen atoms in total. The highest BCUT2D eigenvalue weighted by Gasteiger charge is 2.14. The molecule has 2 N–H and O–H groups in total. The summed E-state index contributed by atoms with van der Waals surface area (Å²) in [6.45, 7) is 5.14. The van der Waals surface area contributed by atoms with Crippen molar-refractivity contribution in [2.24, 2.45) is 0 Å². The molecule has 138 valence electrons. The second kappa shape index (κ2) is 9.90. The van der Waals surface area contributed by atoms with E-state index in [4.69, 9.17) is 18.9 Å². The van der Waals surface area contributed by atoms with E-state index in [1.54, 1.807) is 39.5 Å². The van der Waals surface area contributed by atoms with Crippen LogP contribution in [0.5, 0.6) is 17.2 Å². The van der Waals surface area contributed by atoms with E-state index in [2.05, 4.69) is 5.32 Å². The Bertz CT molecular complexity index is 572. The molecule has 1 amide bonds. The number of rotatable bonds is 8. The number of benzene rings is 1. The maximum atomic E-state index is 12.0. The molecule has 1 aromatic carbocycles. The van der Waals surface area contributed by atoms with Gasteiger partial charge in [-0.15, -0.1) is 0 Å². The molecule has 0 aliphatic carbocycles. The average Bonchev–Trinajstić information content (AvgIpc) is 2.66. The predicted molar refractivity (Wildman–Crippen MR) is 94.5 cm³/mol. The van der Waals surface area contributed by atoms with Crippen LogP contribution < -0.4 is 24.4 Å². The van der Waals surface area contributed by atoms with Crippen LogP contribution in [-0.4, -0.2) is 66.6 Å². The first-order valence-electron chi connectivity index (χ1n) is 8.35. The van der Waals surface area contributed by atoms with E-state index >= 15 is 0 Å². The Kier molecular flexibility index (Phi) is 7.56. The second-order valence-electron chi connectivity index (χ2n) is 5.70. The zero-order valence-corrected chi connectivity index (χ0v) is 15.1. The smallest absolute Gasteiger partial charge is 0.244 e.